The van der Waals surface area contributed by atoms with Gasteiger partial charge in [-0.3, -0.25) is 9.67 Å². The van der Waals surface area contributed by atoms with E-state index in [0.29, 0.717) is 0 Å². The molecule has 3 nitrogen and oxygen atoms in total. The summed E-state index contributed by atoms with van der Waals surface area (Å²) >= 11 is 2.33. The van der Waals surface area contributed by atoms with E-state index in [1.165, 1.54) is 20.0 Å². The van der Waals surface area contributed by atoms with Crippen LogP contribution in [0.4, 0.5) is 0 Å². The van der Waals surface area contributed by atoms with Crippen LogP contribution in [0.2, 0.25) is 0 Å². The molecule has 4 heteroatoms. The fraction of sp³-hybridized carbons (Fsp3) is 0.143. The molecule has 0 atom stereocenters. The largest absolute Gasteiger partial charge is 0.265 e. The zero-order valence-electron chi connectivity index (χ0n) is 9.75. The first-order valence-electron chi connectivity index (χ1n) is 5.83. The molecule has 0 saturated heterocycles. The fourth-order valence-electron chi connectivity index (χ4n) is 2.01. The van der Waals surface area contributed by atoms with Crippen LogP contribution in [0.5, 0.6) is 0 Å². The van der Waals surface area contributed by atoms with E-state index in [1.54, 1.807) is 0 Å². The summed E-state index contributed by atoms with van der Waals surface area (Å²) in [4.78, 5) is 4.03. The minimum atomic E-state index is 0.896. The van der Waals surface area contributed by atoms with Gasteiger partial charge in [-0.2, -0.15) is 5.10 Å². The van der Waals surface area contributed by atoms with Gasteiger partial charge in [-0.05, 0) is 58.8 Å². The van der Waals surface area contributed by atoms with E-state index < -0.39 is 0 Å². The number of halogens is 1. The number of rotatable bonds is 3. The minimum absolute atomic E-state index is 0.896. The molecule has 2 aromatic heterocycles. The van der Waals surface area contributed by atoms with Gasteiger partial charge in [0.05, 0.1) is 11.7 Å². The number of fused-ring (bicyclic) bond motifs is 1. The number of aryl methyl sites for hydroxylation is 2. The Morgan fingerprint density at radius 2 is 1.94 bits per heavy atom. The van der Waals surface area contributed by atoms with Gasteiger partial charge in [-0.25, -0.2) is 0 Å². The SMILES string of the molecule is Ic1ccc2cnn(CCc3ccncc3)c2c1. The van der Waals surface area contributed by atoms with E-state index in [-0.39, 0.29) is 0 Å². The van der Waals surface area contributed by atoms with E-state index in [9.17, 15) is 0 Å². The molecule has 0 spiro atoms. The van der Waals surface area contributed by atoms with Crippen LogP contribution in [0.15, 0.2) is 48.9 Å². The maximum absolute atomic E-state index is 4.45. The van der Waals surface area contributed by atoms with Crippen molar-refractivity contribution in [3.8, 4) is 0 Å². The Balaban J connectivity index is 1.85. The third-order valence-electron chi connectivity index (χ3n) is 2.97. The number of hydrogen-bond donors (Lipinski definition) is 0. The van der Waals surface area contributed by atoms with Crippen LogP contribution >= 0.6 is 22.6 Å². The molecule has 2 heterocycles. The molecule has 0 unspecified atom stereocenters. The zero-order chi connectivity index (χ0) is 12.4. The van der Waals surface area contributed by atoms with Crippen molar-refractivity contribution in [1.29, 1.82) is 0 Å². The molecule has 90 valence electrons. The number of hydrogen-bond acceptors (Lipinski definition) is 2. The highest BCUT2D eigenvalue weighted by Gasteiger charge is 2.03. The van der Waals surface area contributed by atoms with Crippen LogP contribution in [0, 0.1) is 3.57 Å². The molecule has 3 aromatic rings. The molecule has 3 rings (SSSR count). The van der Waals surface area contributed by atoms with Gasteiger partial charge in [0.2, 0.25) is 0 Å². The fourth-order valence-corrected chi connectivity index (χ4v) is 2.48. The van der Waals surface area contributed by atoms with Gasteiger partial charge in [0.15, 0.2) is 0 Å². The number of benzene rings is 1. The monoisotopic (exact) mass is 349 g/mol. The molecule has 0 fully saturated rings. The molecule has 0 saturated carbocycles. The van der Waals surface area contributed by atoms with E-state index in [0.717, 1.165) is 13.0 Å². The molecule has 0 amide bonds. The normalized spacial score (nSPS) is 10.9. The van der Waals surface area contributed by atoms with Gasteiger partial charge < -0.3 is 0 Å². The van der Waals surface area contributed by atoms with Crippen molar-refractivity contribution in [2.75, 3.05) is 0 Å². The molecule has 1 aromatic carbocycles. The zero-order valence-corrected chi connectivity index (χ0v) is 11.9. The van der Waals surface area contributed by atoms with Crippen molar-refractivity contribution < 1.29 is 0 Å². The summed E-state index contributed by atoms with van der Waals surface area (Å²) in [7, 11) is 0. The topological polar surface area (TPSA) is 30.7 Å². The molecular formula is C14H12IN3. The second-order valence-corrected chi connectivity index (χ2v) is 5.42. The van der Waals surface area contributed by atoms with E-state index in [2.05, 4.69) is 67.7 Å². The summed E-state index contributed by atoms with van der Waals surface area (Å²) in [5.74, 6) is 0. The Bertz CT molecular complexity index is 661. The summed E-state index contributed by atoms with van der Waals surface area (Å²) in [5, 5.41) is 5.65. The van der Waals surface area contributed by atoms with Crippen molar-refractivity contribution in [1.82, 2.24) is 14.8 Å². The molecule has 0 aliphatic rings. The van der Waals surface area contributed by atoms with Crippen molar-refractivity contribution in [3.63, 3.8) is 0 Å². The lowest BCUT2D eigenvalue weighted by Gasteiger charge is -2.04. The number of aromatic nitrogens is 3. The summed E-state index contributed by atoms with van der Waals surface area (Å²) in [6, 6.07) is 10.5. The molecule has 0 bridgehead atoms. The summed E-state index contributed by atoms with van der Waals surface area (Å²) < 4.78 is 3.31. The lowest BCUT2D eigenvalue weighted by Crippen LogP contribution is -2.03. The predicted octanol–water partition coefficient (Wildman–Crippen LogP) is 3.28. The quantitative estimate of drug-likeness (QED) is 0.680. The summed E-state index contributed by atoms with van der Waals surface area (Å²) in [5.41, 5.74) is 2.50. The van der Waals surface area contributed by atoms with Crippen molar-refractivity contribution in [2.45, 2.75) is 13.0 Å². The van der Waals surface area contributed by atoms with Crippen LogP contribution in [-0.4, -0.2) is 14.8 Å². The van der Waals surface area contributed by atoms with Gasteiger partial charge in [-0.1, -0.05) is 6.07 Å². The highest BCUT2D eigenvalue weighted by Crippen LogP contribution is 2.17. The van der Waals surface area contributed by atoms with Crippen LogP contribution < -0.4 is 0 Å². The predicted molar refractivity (Wildman–Crippen MR) is 80.4 cm³/mol. The lowest BCUT2D eigenvalue weighted by atomic mass is 10.2. The van der Waals surface area contributed by atoms with Crippen LogP contribution in [-0.2, 0) is 13.0 Å². The lowest BCUT2D eigenvalue weighted by molar-refractivity contribution is 0.635. The third kappa shape index (κ3) is 2.38. The van der Waals surface area contributed by atoms with E-state index in [4.69, 9.17) is 0 Å². The molecule has 0 aliphatic carbocycles. The van der Waals surface area contributed by atoms with Gasteiger partial charge in [0.25, 0.3) is 0 Å². The summed E-state index contributed by atoms with van der Waals surface area (Å²) in [6.45, 7) is 0.896. The maximum Gasteiger partial charge on any atom is 0.0693 e. The first-order chi connectivity index (χ1) is 8.83. The number of pyridine rings is 1. The molecule has 0 aliphatic heterocycles. The van der Waals surface area contributed by atoms with Gasteiger partial charge >= 0.3 is 0 Å². The van der Waals surface area contributed by atoms with Crippen molar-refractivity contribution in [3.05, 3.63) is 58.1 Å². The highest BCUT2D eigenvalue weighted by molar-refractivity contribution is 14.1. The molecule has 0 N–H and O–H groups in total. The molecular weight excluding hydrogens is 337 g/mol. The Morgan fingerprint density at radius 3 is 2.78 bits per heavy atom. The Kier molecular flexibility index (Phi) is 3.27. The van der Waals surface area contributed by atoms with Crippen molar-refractivity contribution >= 4 is 33.5 Å². The second-order valence-electron chi connectivity index (χ2n) is 4.18. The Morgan fingerprint density at radius 1 is 1.11 bits per heavy atom. The van der Waals surface area contributed by atoms with Crippen LogP contribution in [0.3, 0.4) is 0 Å². The van der Waals surface area contributed by atoms with Gasteiger partial charge in [0, 0.05) is 27.9 Å². The van der Waals surface area contributed by atoms with Gasteiger partial charge in [0.1, 0.15) is 0 Å². The average molecular weight is 349 g/mol. The van der Waals surface area contributed by atoms with Gasteiger partial charge in [-0.15, -0.1) is 0 Å². The van der Waals surface area contributed by atoms with Crippen LogP contribution in [0.1, 0.15) is 5.56 Å². The average Bonchev–Trinajstić information content (AvgIpc) is 2.80. The van der Waals surface area contributed by atoms with E-state index >= 15 is 0 Å². The third-order valence-corrected chi connectivity index (χ3v) is 3.64. The van der Waals surface area contributed by atoms with Crippen molar-refractivity contribution in [2.24, 2.45) is 0 Å². The molecule has 18 heavy (non-hydrogen) atoms. The molecule has 0 radical (unpaired) electrons. The highest BCUT2D eigenvalue weighted by atomic mass is 127. The minimum Gasteiger partial charge on any atom is -0.265 e. The Labute approximate surface area is 119 Å². The second kappa shape index (κ2) is 5.06. The van der Waals surface area contributed by atoms with E-state index in [1.807, 2.05) is 18.6 Å². The van der Waals surface area contributed by atoms with Crippen LogP contribution in [0.25, 0.3) is 10.9 Å². The maximum atomic E-state index is 4.45. The standard InChI is InChI=1S/C14H12IN3/c15-13-2-1-12-10-17-18(14(12)9-13)8-5-11-3-6-16-7-4-11/h1-4,6-7,9-10H,5,8H2. The summed E-state index contributed by atoms with van der Waals surface area (Å²) in [6.07, 6.45) is 6.57. The first-order valence-corrected chi connectivity index (χ1v) is 6.91. The Hall–Kier alpha value is -1.43. The smallest absolute Gasteiger partial charge is 0.0693 e. The first kappa shape index (κ1) is 11.6. The number of nitrogens with zero attached hydrogens (tertiary/aromatic N) is 3.